The van der Waals surface area contributed by atoms with Gasteiger partial charge in [-0.05, 0) is 42.0 Å². The minimum absolute atomic E-state index is 0.155. The minimum Gasteiger partial charge on any atom is -0.497 e. The van der Waals surface area contributed by atoms with E-state index in [4.69, 9.17) is 9.84 Å². The number of pyridine rings is 1. The smallest absolute Gasteiger partial charge is 0.272 e. The van der Waals surface area contributed by atoms with Crippen LogP contribution >= 0.6 is 0 Å². The second-order valence-corrected chi connectivity index (χ2v) is 4.17. The number of nitrogens with zero attached hydrogens (tertiary/aromatic N) is 2. The molecule has 0 radical (unpaired) electrons. The number of aromatic nitrogens is 1. The molecule has 0 fully saturated rings. The summed E-state index contributed by atoms with van der Waals surface area (Å²) in [6.07, 6.45) is 2.93. The van der Waals surface area contributed by atoms with Crippen LogP contribution in [-0.4, -0.2) is 29.3 Å². The van der Waals surface area contributed by atoms with E-state index in [0.717, 1.165) is 11.3 Å². The van der Waals surface area contributed by atoms with Crippen LogP contribution in [-0.2, 0) is 6.61 Å². The number of amides is 1. The Kier molecular flexibility index (Phi) is 5.00. The normalized spacial score (nSPS) is 10.6. The minimum atomic E-state index is -0.364. The summed E-state index contributed by atoms with van der Waals surface area (Å²) in [5, 5.41) is 12.7. The van der Waals surface area contributed by atoms with E-state index in [0.29, 0.717) is 11.3 Å². The number of hydrazone groups is 1. The Morgan fingerprint density at radius 2 is 2.10 bits per heavy atom. The van der Waals surface area contributed by atoms with Gasteiger partial charge in [0.05, 0.1) is 31.2 Å². The Labute approximate surface area is 122 Å². The van der Waals surface area contributed by atoms with Crippen LogP contribution in [0.25, 0.3) is 0 Å². The molecule has 6 heteroatoms. The molecule has 0 unspecified atom stereocenters. The predicted octanol–water partition coefficient (Wildman–Crippen LogP) is 1.35. The van der Waals surface area contributed by atoms with Crippen molar-refractivity contribution in [2.75, 3.05) is 7.11 Å². The van der Waals surface area contributed by atoms with Gasteiger partial charge in [-0.3, -0.25) is 9.78 Å². The summed E-state index contributed by atoms with van der Waals surface area (Å²) in [6, 6.07) is 10.4. The van der Waals surface area contributed by atoms with Crippen LogP contribution in [0.1, 0.15) is 21.6 Å². The average molecular weight is 285 g/mol. The highest BCUT2D eigenvalue weighted by Gasteiger charge is 2.04. The molecule has 1 heterocycles. The van der Waals surface area contributed by atoms with E-state index >= 15 is 0 Å². The summed E-state index contributed by atoms with van der Waals surface area (Å²) >= 11 is 0. The largest absolute Gasteiger partial charge is 0.497 e. The zero-order valence-electron chi connectivity index (χ0n) is 11.5. The third-order valence-corrected chi connectivity index (χ3v) is 2.74. The van der Waals surface area contributed by atoms with Gasteiger partial charge in [0.2, 0.25) is 0 Å². The van der Waals surface area contributed by atoms with Gasteiger partial charge in [0, 0.05) is 6.20 Å². The maximum atomic E-state index is 11.8. The number of hydrogen-bond acceptors (Lipinski definition) is 5. The van der Waals surface area contributed by atoms with Gasteiger partial charge in [-0.25, -0.2) is 5.43 Å². The molecule has 6 nitrogen and oxygen atoms in total. The highest BCUT2D eigenvalue weighted by molar-refractivity contribution is 5.94. The lowest BCUT2D eigenvalue weighted by Gasteiger charge is -2.01. The number of nitrogens with one attached hydrogen (secondary N) is 1. The van der Waals surface area contributed by atoms with E-state index in [1.165, 1.54) is 12.4 Å². The van der Waals surface area contributed by atoms with E-state index in [9.17, 15) is 4.79 Å². The predicted molar refractivity (Wildman–Crippen MR) is 78.2 cm³/mol. The molecule has 1 aromatic heterocycles. The van der Waals surface area contributed by atoms with Crippen LogP contribution in [0, 0.1) is 0 Å². The number of carbonyl (C=O) groups is 1. The van der Waals surface area contributed by atoms with Crippen LogP contribution in [0.5, 0.6) is 5.75 Å². The lowest BCUT2D eigenvalue weighted by atomic mass is 10.2. The maximum Gasteiger partial charge on any atom is 0.272 e. The van der Waals surface area contributed by atoms with E-state index in [1.807, 2.05) is 12.1 Å². The molecule has 0 saturated carbocycles. The standard InChI is InChI=1S/C15H15N3O3/c1-21-14-6-2-11(3-7-14)8-17-18-15(20)12-4-5-13(10-19)16-9-12/h2-9,19H,10H2,1H3,(H,18,20)/b17-8-. The Balaban J connectivity index is 1.94. The first-order valence-corrected chi connectivity index (χ1v) is 6.26. The first kappa shape index (κ1) is 14.7. The second kappa shape index (κ2) is 7.16. The second-order valence-electron chi connectivity index (χ2n) is 4.17. The third kappa shape index (κ3) is 4.12. The van der Waals surface area contributed by atoms with E-state index in [1.54, 1.807) is 31.4 Å². The molecule has 108 valence electrons. The number of carbonyl (C=O) groups excluding carboxylic acids is 1. The van der Waals surface area contributed by atoms with Gasteiger partial charge in [0.15, 0.2) is 0 Å². The molecule has 0 aliphatic rings. The molecular weight excluding hydrogens is 270 g/mol. The molecule has 2 aromatic rings. The molecular formula is C15H15N3O3. The lowest BCUT2D eigenvalue weighted by Crippen LogP contribution is -2.17. The number of rotatable bonds is 5. The first-order valence-electron chi connectivity index (χ1n) is 6.26. The van der Waals surface area contributed by atoms with Gasteiger partial charge in [-0.15, -0.1) is 0 Å². The van der Waals surface area contributed by atoms with Crippen molar-refractivity contribution in [1.82, 2.24) is 10.4 Å². The zero-order chi connectivity index (χ0) is 15.1. The van der Waals surface area contributed by atoms with Crippen molar-refractivity contribution in [1.29, 1.82) is 0 Å². The van der Waals surface area contributed by atoms with Gasteiger partial charge >= 0.3 is 0 Å². The summed E-state index contributed by atoms with van der Waals surface area (Å²) in [5.41, 5.74) is 4.13. The fraction of sp³-hybridized carbons (Fsp3) is 0.133. The van der Waals surface area contributed by atoms with E-state index in [2.05, 4.69) is 15.5 Å². The van der Waals surface area contributed by atoms with E-state index < -0.39 is 0 Å². The number of hydrogen-bond donors (Lipinski definition) is 2. The Bertz CT molecular complexity index is 622. The van der Waals surface area contributed by atoms with Crippen molar-refractivity contribution in [3.8, 4) is 5.75 Å². The van der Waals surface area contributed by atoms with Gasteiger partial charge in [-0.1, -0.05) is 0 Å². The topological polar surface area (TPSA) is 83.8 Å². The lowest BCUT2D eigenvalue weighted by molar-refractivity contribution is 0.0954. The van der Waals surface area contributed by atoms with Gasteiger partial charge in [0.1, 0.15) is 5.75 Å². The van der Waals surface area contributed by atoms with Crippen LogP contribution in [0.4, 0.5) is 0 Å². The third-order valence-electron chi connectivity index (χ3n) is 2.74. The molecule has 2 rings (SSSR count). The SMILES string of the molecule is COc1ccc(/C=N\NC(=O)c2ccc(CO)nc2)cc1. The molecule has 2 N–H and O–H groups in total. The van der Waals surface area contributed by atoms with Crippen molar-refractivity contribution in [2.24, 2.45) is 5.10 Å². The molecule has 21 heavy (non-hydrogen) atoms. The van der Waals surface area contributed by atoms with Crippen LogP contribution in [0.2, 0.25) is 0 Å². The monoisotopic (exact) mass is 285 g/mol. The van der Waals surface area contributed by atoms with Crippen molar-refractivity contribution in [3.63, 3.8) is 0 Å². The Morgan fingerprint density at radius 1 is 1.33 bits per heavy atom. The molecule has 1 aromatic carbocycles. The summed E-state index contributed by atoms with van der Waals surface area (Å²) in [6.45, 7) is -0.155. The van der Waals surface area contributed by atoms with Crippen LogP contribution in [0.15, 0.2) is 47.7 Å². The number of aliphatic hydroxyl groups excluding tert-OH is 1. The first-order chi connectivity index (χ1) is 10.2. The molecule has 1 amide bonds. The maximum absolute atomic E-state index is 11.8. The van der Waals surface area contributed by atoms with Crippen molar-refractivity contribution in [2.45, 2.75) is 6.61 Å². The highest BCUT2D eigenvalue weighted by atomic mass is 16.5. The number of aliphatic hydroxyl groups is 1. The summed E-state index contributed by atoms with van der Waals surface area (Å²) in [7, 11) is 1.60. The average Bonchev–Trinajstić information content (AvgIpc) is 2.55. The Hall–Kier alpha value is -2.73. The van der Waals surface area contributed by atoms with Crippen molar-refractivity contribution >= 4 is 12.1 Å². The molecule has 0 atom stereocenters. The van der Waals surface area contributed by atoms with E-state index in [-0.39, 0.29) is 12.5 Å². The Morgan fingerprint density at radius 3 is 2.67 bits per heavy atom. The number of methoxy groups -OCH3 is 1. The zero-order valence-corrected chi connectivity index (χ0v) is 11.5. The van der Waals surface area contributed by atoms with Crippen molar-refractivity contribution < 1.29 is 14.6 Å². The summed E-state index contributed by atoms with van der Waals surface area (Å²) in [4.78, 5) is 15.7. The highest BCUT2D eigenvalue weighted by Crippen LogP contribution is 2.09. The van der Waals surface area contributed by atoms with Gasteiger partial charge in [-0.2, -0.15) is 5.10 Å². The molecule has 0 bridgehead atoms. The van der Waals surface area contributed by atoms with Crippen molar-refractivity contribution in [3.05, 3.63) is 59.4 Å². The summed E-state index contributed by atoms with van der Waals surface area (Å²) in [5.74, 6) is 0.392. The van der Waals surface area contributed by atoms with Crippen LogP contribution in [0.3, 0.4) is 0 Å². The van der Waals surface area contributed by atoms with Gasteiger partial charge < -0.3 is 9.84 Å². The van der Waals surface area contributed by atoms with Gasteiger partial charge in [0.25, 0.3) is 5.91 Å². The number of benzene rings is 1. The van der Waals surface area contributed by atoms with Crippen LogP contribution < -0.4 is 10.2 Å². The molecule has 0 aliphatic carbocycles. The quantitative estimate of drug-likeness (QED) is 0.641. The molecule has 0 aliphatic heterocycles. The number of ether oxygens (including phenoxy) is 1. The fourth-order valence-electron chi connectivity index (χ4n) is 1.57. The molecule has 0 spiro atoms. The summed E-state index contributed by atoms with van der Waals surface area (Å²) < 4.78 is 5.05. The molecule has 0 saturated heterocycles. The fourth-order valence-corrected chi connectivity index (χ4v) is 1.57.